The average Bonchev–Trinajstić information content (AvgIpc) is 3.11. The molecular formula is C19H31FIN3O2. The molecule has 0 amide bonds. The molecular weight excluding hydrogens is 448 g/mol. The summed E-state index contributed by atoms with van der Waals surface area (Å²) >= 11 is 0. The lowest BCUT2D eigenvalue weighted by Gasteiger charge is -2.25. The van der Waals surface area contributed by atoms with Crippen LogP contribution in [0.2, 0.25) is 0 Å². The topological polar surface area (TPSA) is 46.1 Å². The highest BCUT2D eigenvalue weighted by Crippen LogP contribution is 2.18. The fraction of sp³-hybridized carbons (Fsp3) is 0.632. The van der Waals surface area contributed by atoms with E-state index in [0.29, 0.717) is 12.5 Å². The van der Waals surface area contributed by atoms with Crippen molar-refractivity contribution >= 4 is 29.9 Å². The lowest BCUT2D eigenvalue weighted by Crippen LogP contribution is -2.42. The van der Waals surface area contributed by atoms with Crippen molar-refractivity contribution in [3.63, 3.8) is 0 Å². The molecule has 0 radical (unpaired) electrons. The van der Waals surface area contributed by atoms with Gasteiger partial charge in [0.1, 0.15) is 6.10 Å². The average molecular weight is 479 g/mol. The Morgan fingerprint density at radius 1 is 1.42 bits per heavy atom. The summed E-state index contributed by atoms with van der Waals surface area (Å²) in [5, 5.41) is 3.32. The van der Waals surface area contributed by atoms with Crippen LogP contribution < -0.4 is 10.1 Å². The number of guanidine groups is 1. The van der Waals surface area contributed by atoms with Crippen molar-refractivity contribution < 1.29 is 13.9 Å². The van der Waals surface area contributed by atoms with E-state index in [1.165, 1.54) is 6.07 Å². The monoisotopic (exact) mass is 479 g/mol. The van der Waals surface area contributed by atoms with Gasteiger partial charge in [-0.3, -0.25) is 0 Å². The van der Waals surface area contributed by atoms with Crippen LogP contribution in [0.3, 0.4) is 0 Å². The minimum Gasteiger partial charge on any atom is -0.485 e. The van der Waals surface area contributed by atoms with Crippen LogP contribution in [-0.4, -0.2) is 56.9 Å². The number of halogens is 2. The molecule has 2 unspecified atom stereocenters. The Kier molecular flexibility index (Phi) is 10.9. The van der Waals surface area contributed by atoms with Gasteiger partial charge in [0.25, 0.3) is 0 Å². The van der Waals surface area contributed by atoms with E-state index < -0.39 is 0 Å². The molecule has 1 fully saturated rings. The van der Waals surface area contributed by atoms with Gasteiger partial charge in [-0.1, -0.05) is 19.1 Å². The fourth-order valence-electron chi connectivity index (χ4n) is 2.83. The SMILES string of the molecule is CCNC(=NCC(CC)Oc1ccccc1F)N(C)CC1CCOC1.I. The number of para-hydroxylation sites is 1. The van der Waals surface area contributed by atoms with Crippen LogP contribution >= 0.6 is 24.0 Å². The van der Waals surface area contributed by atoms with Gasteiger partial charge in [-0.25, -0.2) is 9.38 Å². The molecule has 7 heteroatoms. The molecule has 0 bridgehead atoms. The highest BCUT2D eigenvalue weighted by Gasteiger charge is 2.19. The summed E-state index contributed by atoms with van der Waals surface area (Å²) in [5.74, 6) is 1.34. The van der Waals surface area contributed by atoms with E-state index in [0.717, 1.165) is 45.1 Å². The van der Waals surface area contributed by atoms with Crippen LogP contribution in [0, 0.1) is 11.7 Å². The summed E-state index contributed by atoms with van der Waals surface area (Å²) in [7, 11) is 2.04. The van der Waals surface area contributed by atoms with Gasteiger partial charge in [-0.2, -0.15) is 0 Å². The summed E-state index contributed by atoms with van der Waals surface area (Å²) < 4.78 is 25.0. The first-order valence-corrected chi connectivity index (χ1v) is 9.12. The second kappa shape index (κ2) is 12.3. The summed E-state index contributed by atoms with van der Waals surface area (Å²) in [6.07, 6.45) is 1.70. The Hall–Kier alpha value is -1.09. The number of benzene rings is 1. The third kappa shape index (κ3) is 7.26. The normalized spacial score (nSPS) is 18.2. The van der Waals surface area contributed by atoms with Crippen LogP contribution in [-0.2, 0) is 4.74 Å². The molecule has 1 aliphatic heterocycles. The Bertz CT molecular complexity index is 553. The van der Waals surface area contributed by atoms with Gasteiger partial charge >= 0.3 is 0 Å². The van der Waals surface area contributed by atoms with Gasteiger partial charge in [-0.05, 0) is 31.9 Å². The molecule has 5 nitrogen and oxygen atoms in total. The van der Waals surface area contributed by atoms with Crippen LogP contribution in [0.15, 0.2) is 29.3 Å². The zero-order valence-corrected chi connectivity index (χ0v) is 18.2. The Labute approximate surface area is 173 Å². The molecule has 0 saturated carbocycles. The van der Waals surface area contributed by atoms with E-state index >= 15 is 0 Å². The lowest BCUT2D eigenvalue weighted by molar-refractivity contribution is 0.180. The Morgan fingerprint density at radius 3 is 2.81 bits per heavy atom. The summed E-state index contributed by atoms with van der Waals surface area (Å²) in [5.41, 5.74) is 0. The van der Waals surface area contributed by atoms with Gasteiger partial charge in [0, 0.05) is 32.7 Å². The van der Waals surface area contributed by atoms with Crippen LogP contribution in [0.1, 0.15) is 26.7 Å². The highest BCUT2D eigenvalue weighted by atomic mass is 127. The predicted octanol–water partition coefficient (Wildman–Crippen LogP) is 3.53. The maximum Gasteiger partial charge on any atom is 0.193 e. The highest BCUT2D eigenvalue weighted by molar-refractivity contribution is 14.0. The van der Waals surface area contributed by atoms with Crippen LogP contribution in [0.25, 0.3) is 0 Å². The third-order valence-corrected chi connectivity index (χ3v) is 4.28. The molecule has 1 heterocycles. The largest absolute Gasteiger partial charge is 0.485 e. The number of nitrogens with one attached hydrogen (secondary N) is 1. The first-order chi connectivity index (χ1) is 12.1. The number of nitrogens with zero attached hydrogens (tertiary/aromatic N) is 2. The molecule has 1 N–H and O–H groups in total. The first kappa shape index (κ1) is 23.0. The lowest BCUT2D eigenvalue weighted by atomic mass is 10.1. The number of aliphatic imine (C=N–C) groups is 1. The second-order valence-electron chi connectivity index (χ2n) is 6.38. The number of rotatable bonds is 8. The number of hydrogen-bond donors (Lipinski definition) is 1. The Balaban J connectivity index is 0.00000338. The first-order valence-electron chi connectivity index (χ1n) is 9.12. The zero-order valence-electron chi connectivity index (χ0n) is 15.9. The standard InChI is InChI=1S/C19H30FN3O2.HI/c1-4-16(25-18-9-7-6-8-17(18)20)12-22-19(21-5-2)23(3)13-15-10-11-24-14-15;/h6-9,15-16H,4-5,10-14H2,1-3H3,(H,21,22);1H. The van der Waals surface area contributed by atoms with Crippen molar-refractivity contribution in [2.24, 2.45) is 10.9 Å². The van der Waals surface area contributed by atoms with E-state index in [1.807, 2.05) is 14.0 Å². The van der Waals surface area contributed by atoms with E-state index in [2.05, 4.69) is 17.1 Å². The second-order valence-corrected chi connectivity index (χ2v) is 6.38. The van der Waals surface area contributed by atoms with Gasteiger partial charge in [-0.15, -0.1) is 24.0 Å². The third-order valence-electron chi connectivity index (χ3n) is 4.28. The van der Waals surface area contributed by atoms with Gasteiger partial charge < -0.3 is 19.7 Å². The van der Waals surface area contributed by atoms with E-state index in [-0.39, 0.29) is 41.6 Å². The molecule has 0 spiro atoms. The van der Waals surface area contributed by atoms with Crippen molar-refractivity contribution in [1.82, 2.24) is 10.2 Å². The summed E-state index contributed by atoms with van der Waals surface area (Å²) in [4.78, 5) is 6.83. The minimum absolute atomic E-state index is 0. The predicted molar refractivity (Wildman–Crippen MR) is 114 cm³/mol. The van der Waals surface area contributed by atoms with Gasteiger partial charge in [0.05, 0.1) is 13.2 Å². The van der Waals surface area contributed by atoms with Crippen molar-refractivity contribution in [1.29, 1.82) is 0 Å². The van der Waals surface area contributed by atoms with E-state index in [9.17, 15) is 4.39 Å². The molecule has 0 aliphatic carbocycles. The molecule has 1 aromatic carbocycles. The van der Waals surface area contributed by atoms with Gasteiger partial charge in [0.2, 0.25) is 0 Å². The number of ether oxygens (including phenoxy) is 2. The molecule has 1 aromatic rings. The van der Waals surface area contributed by atoms with Crippen molar-refractivity contribution in [3.05, 3.63) is 30.1 Å². The van der Waals surface area contributed by atoms with Crippen molar-refractivity contribution in [2.75, 3.05) is 39.9 Å². The van der Waals surface area contributed by atoms with Gasteiger partial charge in [0.15, 0.2) is 17.5 Å². The molecule has 1 saturated heterocycles. The quantitative estimate of drug-likeness (QED) is 0.352. The fourth-order valence-corrected chi connectivity index (χ4v) is 2.83. The molecule has 0 aromatic heterocycles. The maximum atomic E-state index is 13.8. The molecule has 148 valence electrons. The molecule has 1 aliphatic rings. The summed E-state index contributed by atoms with van der Waals surface area (Å²) in [6.45, 7) is 7.94. The van der Waals surface area contributed by atoms with Crippen molar-refractivity contribution in [2.45, 2.75) is 32.8 Å². The number of hydrogen-bond acceptors (Lipinski definition) is 3. The van der Waals surface area contributed by atoms with Crippen LogP contribution in [0.5, 0.6) is 5.75 Å². The van der Waals surface area contributed by atoms with E-state index in [1.54, 1.807) is 18.2 Å². The maximum absolute atomic E-state index is 13.8. The summed E-state index contributed by atoms with van der Waals surface area (Å²) in [6, 6.07) is 6.49. The van der Waals surface area contributed by atoms with E-state index in [4.69, 9.17) is 14.5 Å². The zero-order chi connectivity index (χ0) is 18.1. The smallest absolute Gasteiger partial charge is 0.193 e. The molecule has 26 heavy (non-hydrogen) atoms. The molecule has 2 atom stereocenters. The minimum atomic E-state index is -0.338. The van der Waals surface area contributed by atoms with Crippen molar-refractivity contribution in [3.8, 4) is 5.75 Å². The Morgan fingerprint density at radius 2 is 2.19 bits per heavy atom. The molecule has 2 rings (SSSR count). The van der Waals surface area contributed by atoms with Crippen LogP contribution in [0.4, 0.5) is 4.39 Å².